The van der Waals surface area contributed by atoms with Crippen LogP contribution in [-0.4, -0.2) is 26.7 Å². The van der Waals surface area contributed by atoms with E-state index >= 15 is 0 Å². The van der Waals surface area contributed by atoms with Crippen LogP contribution in [0.2, 0.25) is 0 Å². The van der Waals surface area contributed by atoms with Crippen molar-refractivity contribution < 1.29 is 36.6 Å². The number of aromatic nitrogens is 2. The van der Waals surface area contributed by atoms with Gasteiger partial charge in [0.25, 0.3) is 0 Å². The van der Waals surface area contributed by atoms with Crippen LogP contribution in [0.15, 0.2) is 24.3 Å². The third-order valence-corrected chi connectivity index (χ3v) is 3.51. The molecule has 0 saturated heterocycles. The smallest absolute Gasteiger partial charge is 0.388 e. The summed E-state index contributed by atoms with van der Waals surface area (Å²) in [5, 5.41) is 21.7. The number of alkyl halides is 6. The fraction of sp³-hybridized carbons (Fsp3) is 0.375. The van der Waals surface area contributed by atoms with E-state index in [-0.39, 0.29) is 17.7 Å². The van der Waals surface area contributed by atoms with Crippen LogP contribution in [0.4, 0.5) is 32.2 Å². The van der Waals surface area contributed by atoms with Crippen LogP contribution in [0, 0.1) is 6.92 Å². The lowest BCUT2D eigenvalue weighted by atomic mass is 10.0. The highest BCUT2D eigenvalue weighted by molar-refractivity contribution is 5.38. The molecule has 2 rings (SSSR count). The Morgan fingerprint density at radius 2 is 1.52 bits per heavy atom. The monoisotopic (exact) mass is 395 g/mol. The Balaban J connectivity index is 2.27. The maximum absolute atomic E-state index is 12.9. The van der Waals surface area contributed by atoms with Gasteiger partial charge < -0.3 is 15.5 Å². The second-order valence-corrected chi connectivity index (χ2v) is 5.70. The van der Waals surface area contributed by atoms with Gasteiger partial charge in [0, 0.05) is 18.3 Å². The van der Waals surface area contributed by atoms with E-state index in [1.54, 1.807) is 6.92 Å². The Hall–Kier alpha value is -2.40. The van der Waals surface area contributed by atoms with Gasteiger partial charge in [-0.25, -0.2) is 9.97 Å². The Kier molecular flexibility index (Phi) is 5.95. The molecule has 0 fully saturated rings. The molecule has 11 heteroatoms. The van der Waals surface area contributed by atoms with Crippen molar-refractivity contribution in [3.8, 4) is 0 Å². The molecule has 1 aromatic carbocycles. The topological polar surface area (TPSA) is 78.3 Å². The lowest BCUT2D eigenvalue weighted by molar-refractivity contribution is -0.143. The van der Waals surface area contributed by atoms with Crippen LogP contribution < -0.4 is 5.32 Å². The summed E-state index contributed by atoms with van der Waals surface area (Å²) < 4.78 is 77.2. The van der Waals surface area contributed by atoms with Gasteiger partial charge in [-0.3, -0.25) is 0 Å². The molecule has 1 heterocycles. The molecule has 148 valence electrons. The molecule has 0 saturated carbocycles. The largest absolute Gasteiger partial charge is 0.416 e. The maximum Gasteiger partial charge on any atom is 0.416 e. The van der Waals surface area contributed by atoms with Gasteiger partial charge in [-0.15, -0.1) is 0 Å². The second kappa shape index (κ2) is 7.69. The molecule has 0 amide bonds. The number of hydrogen-bond donors (Lipinski definition) is 3. The third kappa shape index (κ3) is 5.54. The highest BCUT2D eigenvalue weighted by Crippen LogP contribution is 2.37. The number of nitrogens with one attached hydrogen (secondary N) is 1. The molecule has 0 spiro atoms. The van der Waals surface area contributed by atoms with E-state index in [2.05, 4.69) is 15.3 Å². The lowest BCUT2D eigenvalue weighted by Gasteiger charge is -2.18. The minimum atomic E-state index is -5.00. The first-order chi connectivity index (χ1) is 12.4. The first-order valence-corrected chi connectivity index (χ1v) is 7.57. The molecule has 2 aromatic rings. The molecule has 1 unspecified atom stereocenters. The summed E-state index contributed by atoms with van der Waals surface area (Å²) in [4.78, 5) is 7.79. The van der Waals surface area contributed by atoms with Gasteiger partial charge in [0.1, 0.15) is 12.4 Å². The van der Waals surface area contributed by atoms with Gasteiger partial charge in [-0.2, -0.15) is 26.3 Å². The zero-order chi connectivity index (χ0) is 20.4. The number of aliphatic hydroxyl groups excluding tert-OH is 2. The van der Waals surface area contributed by atoms with Crippen molar-refractivity contribution in [1.82, 2.24) is 9.97 Å². The van der Waals surface area contributed by atoms with Crippen molar-refractivity contribution in [1.29, 1.82) is 0 Å². The SMILES string of the molecule is Cc1cc(NCC(O)c2cc(C(F)(F)F)cc(C(F)(F)F)c2)nc(CO)n1. The summed E-state index contributed by atoms with van der Waals surface area (Å²) in [7, 11) is 0. The molecule has 27 heavy (non-hydrogen) atoms. The maximum atomic E-state index is 12.9. The Morgan fingerprint density at radius 3 is 2.00 bits per heavy atom. The fourth-order valence-corrected chi connectivity index (χ4v) is 2.28. The summed E-state index contributed by atoms with van der Waals surface area (Å²) in [6.07, 6.45) is -11.7. The van der Waals surface area contributed by atoms with Gasteiger partial charge in [0.2, 0.25) is 0 Å². The first-order valence-electron chi connectivity index (χ1n) is 7.57. The number of nitrogens with zero attached hydrogens (tertiary/aromatic N) is 2. The minimum Gasteiger partial charge on any atom is -0.388 e. The fourth-order valence-electron chi connectivity index (χ4n) is 2.28. The molecule has 0 aliphatic heterocycles. The van der Waals surface area contributed by atoms with Crippen LogP contribution >= 0.6 is 0 Å². The van der Waals surface area contributed by atoms with E-state index in [1.807, 2.05) is 0 Å². The minimum absolute atomic E-state index is 0.00897. The lowest BCUT2D eigenvalue weighted by Crippen LogP contribution is -2.17. The van der Waals surface area contributed by atoms with Crippen LogP contribution in [0.1, 0.15) is 34.3 Å². The van der Waals surface area contributed by atoms with Crippen molar-refractivity contribution in [2.45, 2.75) is 32.0 Å². The van der Waals surface area contributed by atoms with Crippen LogP contribution in [-0.2, 0) is 19.0 Å². The predicted octanol–water partition coefficient (Wildman–Crippen LogP) is 3.46. The van der Waals surface area contributed by atoms with Crippen molar-refractivity contribution in [2.24, 2.45) is 0 Å². The summed E-state index contributed by atoms with van der Waals surface area (Å²) in [5.74, 6) is 0.235. The molecule has 1 aromatic heterocycles. The van der Waals surface area contributed by atoms with Gasteiger partial charge in [-0.1, -0.05) is 0 Å². The van der Waals surface area contributed by atoms with E-state index < -0.39 is 48.3 Å². The van der Waals surface area contributed by atoms with Crippen molar-refractivity contribution in [2.75, 3.05) is 11.9 Å². The average Bonchev–Trinajstić information content (AvgIpc) is 2.57. The highest BCUT2D eigenvalue weighted by Gasteiger charge is 2.37. The van der Waals surface area contributed by atoms with Gasteiger partial charge in [0.05, 0.1) is 17.2 Å². The zero-order valence-electron chi connectivity index (χ0n) is 13.9. The molecule has 1 atom stereocenters. The second-order valence-electron chi connectivity index (χ2n) is 5.70. The number of rotatable bonds is 5. The van der Waals surface area contributed by atoms with Gasteiger partial charge in [-0.05, 0) is 30.7 Å². The standard InChI is InChI=1S/C16H15F6N3O2/c1-8-2-13(25-14(7-26)24-8)23-6-12(27)9-3-10(15(17,18)19)5-11(4-9)16(20,21)22/h2-5,12,26-27H,6-7H2,1H3,(H,23,24,25). The third-order valence-electron chi connectivity index (χ3n) is 3.51. The number of aliphatic hydroxyl groups is 2. The van der Waals surface area contributed by atoms with Gasteiger partial charge in [0.15, 0.2) is 5.82 Å². The summed E-state index contributed by atoms with van der Waals surface area (Å²) in [5.41, 5.74) is -3.08. The molecule has 0 radical (unpaired) electrons. The first kappa shape index (κ1) is 20.9. The summed E-state index contributed by atoms with van der Waals surface area (Å²) in [6.45, 7) is 0.742. The number of hydrogen-bond acceptors (Lipinski definition) is 5. The van der Waals surface area contributed by atoms with Crippen molar-refractivity contribution >= 4 is 5.82 Å². The number of halogens is 6. The van der Waals surface area contributed by atoms with E-state index in [0.29, 0.717) is 17.8 Å². The van der Waals surface area contributed by atoms with Crippen molar-refractivity contribution in [3.05, 3.63) is 52.5 Å². The highest BCUT2D eigenvalue weighted by atomic mass is 19.4. The van der Waals surface area contributed by atoms with E-state index in [9.17, 15) is 31.4 Å². The normalized spacial score (nSPS) is 13.5. The quantitative estimate of drug-likeness (QED) is 0.676. The summed E-state index contributed by atoms with van der Waals surface area (Å²) >= 11 is 0. The molecule has 5 nitrogen and oxygen atoms in total. The summed E-state index contributed by atoms with van der Waals surface area (Å²) in [6, 6.07) is 2.36. The van der Waals surface area contributed by atoms with E-state index in [0.717, 1.165) is 0 Å². The Bertz CT molecular complexity index is 775. The molecule has 0 aliphatic carbocycles. The molecular formula is C16H15F6N3O2. The van der Waals surface area contributed by atoms with E-state index in [4.69, 9.17) is 5.11 Å². The Morgan fingerprint density at radius 1 is 0.963 bits per heavy atom. The van der Waals surface area contributed by atoms with Crippen LogP contribution in [0.3, 0.4) is 0 Å². The number of benzene rings is 1. The van der Waals surface area contributed by atoms with Crippen molar-refractivity contribution in [3.63, 3.8) is 0 Å². The number of anilines is 1. The van der Waals surface area contributed by atoms with Crippen LogP contribution in [0.5, 0.6) is 0 Å². The predicted molar refractivity (Wildman–Crippen MR) is 82.6 cm³/mol. The molecular weight excluding hydrogens is 380 g/mol. The zero-order valence-corrected chi connectivity index (χ0v) is 13.9. The van der Waals surface area contributed by atoms with E-state index in [1.165, 1.54) is 6.07 Å². The average molecular weight is 395 g/mol. The molecule has 0 bridgehead atoms. The molecule has 3 N–H and O–H groups in total. The number of aryl methyl sites for hydroxylation is 1. The van der Waals surface area contributed by atoms with Crippen LogP contribution in [0.25, 0.3) is 0 Å². The Labute approximate surface area is 149 Å². The van der Waals surface area contributed by atoms with Gasteiger partial charge >= 0.3 is 12.4 Å². The molecule has 0 aliphatic rings.